The number of rotatable bonds is 8. The quantitative estimate of drug-likeness (QED) is 0.276. The highest BCUT2D eigenvalue weighted by Crippen LogP contribution is 2.38. The Labute approximate surface area is 188 Å². The topological polar surface area (TPSA) is 42.2 Å². The summed E-state index contributed by atoms with van der Waals surface area (Å²) in [5.74, 6) is 1.19. The summed E-state index contributed by atoms with van der Waals surface area (Å²) in [7, 11) is 0. The fourth-order valence-corrected chi connectivity index (χ4v) is 3.85. The molecule has 0 bridgehead atoms. The number of nitrogens with zero attached hydrogens (tertiary/aromatic N) is 3. The number of hydrogen-bond acceptors (Lipinski definition) is 2. The molecule has 2 heterocycles. The van der Waals surface area contributed by atoms with Gasteiger partial charge in [-0.25, -0.2) is 0 Å². The van der Waals surface area contributed by atoms with E-state index in [0.717, 1.165) is 49.3 Å². The van der Waals surface area contributed by atoms with Crippen LogP contribution in [-0.4, -0.2) is 21.8 Å². The van der Waals surface area contributed by atoms with Crippen LogP contribution in [0.2, 0.25) is 0 Å². The Balaban J connectivity index is 1.99. The van der Waals surface area contributed by atoms with Crippen LogP contribution >= 0.6 is 0 Å². The second-order valence-electron chi connectivity index (χ2n) is 8.13. The smallest absolute Gasteiger partial charge is 0.347 e. The van der Waals surface area contributed by atoms with Crippen LogP contribution in [0.25, 0.3) is 5.57 Å². The Kier molecular flexibility index (Phi) is 7.59. The second-order valence-corrected chi connectivity index (χ2v) is 8.13. The van der Waals surface area contributed by atoms with Gasteiger partial charge in [0.1, 0.15) is 5.84 Å². The number of hydrogen-bond donors (Lipinski definition) is 1. The summed E-state index contributed by atoms with van der Waals surface area (Å²) in [6.45, 7) is 12.1. The highest BCUT2D eigenvalue weighted by Gasteiger charge is 2.33. The number of halogens is 3. The van der Waals surface area contributed by atoms with Crippen LogP contribution in [0.1, 0.15) is 63.4 Å². The molecule has 172 valence electrons. The lowest BCUT2D eigenvalue weighted by Crippen LogP contribution is -2.23. The molecule has 7 heteroatoms. The molecule has 1 aliphatic carbocycles. The van der Waals surface area contributed by atoms with Gasteiger partial charge < -0.3 is 5.32 Å². The van der Waals surface area contributed by atoms with Gasteiger partial charge in [0, 0.05) is 12.1 Å². The Hall–Kier alpha value is -2.83. The van der Waals surface area contributed by atoms with Crippen LogP contribution in [0.4, 0.5) is 13.2 Å². The van der Waals surface area contributed by atoms with Crippen molar-refractivity contribution in [1.29, 1.82) is 0 Å². The van der Waals surface area contributed by atoms with Crippen LogP contribution in [0.3, 0.4) is 0 Å². The van der Waals surface area contributed by atoms with Gasteiger partial charge in [0.05, 0.1) is 23.0 Å². The van der Waals surface area contributed by atoms with E-state index in [1.807, 2.05) is 10.7 Å². The lowest BCUT2D eigenvalue weighted by Gasteiger charge is -2.22. The first-order chi connectivity index (χ1) is 15.3. The maximum Gasteiger partial charge on any atom is 0.416 e. The molecule has 1 N–H and O–H groups in total. The fraction of sp³-hybridized carbons (Fsp3) is 0.440. The van der Waals surface area contributed by atoms with Gasteiger partial charge in [-0.3, -0.25) is 9.67 Å². The van der Waals surface area contributed by atoms with Gasteiger partial charge in [0.2, 0.25) is 0 Å². The van der Waals surface area contributed by atoms with Crippen molar-refractivity contribution in [3.05, 3.63) is 72.3 Å². The lowest BCUT2D eigenvalue weighted by atomic mass is 10.0. The number of aryl methyl sites for hydroxylation is 1. The minimum absolute atomic E-state index is 0.136. The van der Waals surface area contributed by atoms with Gasteiger partial charge in [-0.1, -0.05) is 38.3 Å². The van der Waals surface area contributed by atoms with Crippen molar-refractivity contribution in [2.75, 3.05) is 0 Å². The van der Waals surface area contributed by atoms with Crippen molar-refractivity contribution >= 4 is 11.4 Å². The van der Waals surface area contributed by atoms with E-state index in [-0.39, 0.29) is 6.04 Å². The average Bonchev–Trinajstić information content (AvgIpc) is 3.50. The fourth-order valence-electron chi connectivity index (χ4n) is 3.85. The van der Waals surface area contributed by atoms with Crippen LogP contribution in [0, 0.1) is 5.92 Å². The maximum absolute atomic E-state index is 13.5. The van der Waals surface area contributed by atoms with Crippen molar-refractivity contribution in [3.8, 4) is 0 Å². The Morgan fingerprint density at radius 3 is 2.69 bits per heavy atom. The molecule has 1 unspecified atom stereocenters. The van der Waals surface area contributed by atoms with Gasteiger partial charge in [0.15, 0.2) is 0 Å². The van der Waals surface area contributed by atoms with E-state index < -0.39 is 11.7 Å². The van der Waals surface area contributed by atoms with Crippen molar-refractivity contribution in [2.24, 2.45) is 10.9 Å². The monoisotopic (exact) mass is 444 g/mol. The number of alkyl halides is 3. The molecule has 0 spiro atoms. The largest absolute Gasteiger partial charge is 0.416 e. The molecule has 1 fully saturated rings. The molecule has 32 heavy (non-hydrogen) atoms. The van der Waals surface area contributed by atoms with Crippen molar-refractivity contribution in [2.45, 2.75) is 64.7 Å². The standard InChI is InChI=1S/C25H31F3N4/c1-5-9-19(15-20(10-6-2)25(26,27)28)22-16-23-21(11-8-14-32(23)31-22)30-24(29-7-3)17(4)18-12-13-18/h5,7,9-10,15-16,18,21H,3-4,6,8,11-14H2,1-2H3,(H,29,30)/b9-5-,19-15+,20-10-. The molecule has 0 aromatic carbocycles. The van der Waals surface area contributed by atoms with Gasteiger partial charge in [-0.05, 0) is 68.9 Å². The highest BCUT2D eigenvalue weighted by molar-refractivity contribution is 5.99. The lowest BCUT2D eigenvalue weighted by molar-refractivity contribution is -0.0883. The summed E-state index contributed by atoms with van der Waals surface area (Å²) >= 11 is 0. The van der Waals surface area contributed by atoms with Crippen molar-refractivity contribution in [3.63, 3.8) is 0 Å². The molecular weight excluding hydrogens is 413 g/mol. The number of allylic oxidation sites excluding steroid dienone is 6. The third-order valence-corrected chi connectivity index (χ3v) is 5.60. The summed E-state index contributed by atoms with van der Waals surface area (Å²) in [5, 5.41) is 7.75. The molecule has 0 amide bonds. The molecule has 1 aromatic rings. The molecule has 2 aliphatic rings. The number of aromatic nitrogens is 2. The third kappa shape index (κ3) is 5.69. The van der Waals surface area contributed by atoms with E-state index in [2.05, 4.69) is 23.6 Å². The first-order valence-electron chi connectivity index (χ1n) is 11.1. The zero-order valence-corrected chi connectivity index (χ0v) is 18.8. The molecule has 4 nitrogen and oxygen atoms in total. The summed E-state index contributed by atoms with van der Waals surface area (Å²) in [6.07, 6.45) is 7.23. The Bertz CT molecular complexity index is 972. The Morgan fingerprint density at radius 2 is 2.09 bits per heavy atom. The minimum atomic E-state index is -4.41. The molecule has 1 aromatic heterocycles. The summed E-state index contributed by atoms with van der Waals surface area (Å²) in [6, 6.07) is 1.73. The van der Waals surface area contributed by atoms with Gasteiger partial charge in [-0.15, -0.1) is 0 Å². The first kappa shape index (κ1) is 23.8. The van der Waals surface area contributed by atoms with Crippen LogP contribution < -0.4 is 5.32 Å². The van der Waals surface area contributed by atoms with Gasteiger partial charge in [-0.2, -0.15) is 18.3 Å². The van der Waals surface area contributed by atoms with E-state index in [1.54, 1.807) is 32.2 Å². The Morgan fingerprint density at radius 1 is 1.34 bits per heavy atom. The van der Waals surface area contributed by atoms with E-state index in [9.17, 15) is 13.2 Å². The molecule has 1 aliphatic heterocycles. The molecular formula is C25H31F3N4. The minimum Gasteiger partial charge on any atom is -0.347 e. The number of nitrogens with one attached hydrogen (secondary N) is 1. The van der Waals surface area contributed by atoms with E-state index in [0.29, 0.717) is 23.6 Å². The number of fused-ring (bicyclic) bond motifs is 1. The van der Waals surface area contributed by atoms with Crippen molar-refractivity contribution in [1.82, 2.24) is 15.1 Å². The van der Waals surface area contributed by atoms with E-state index >= 15 is 0 Å². The van der Waals surface area contributed by atoms with Crippen LogP contribution in [0.5, 0.6) is 0 Å². The van der Waals surface area contributed by atoms with Gasteiger partial charge in [0.25, 0.3) is 0 Å². The maximum atomic E-state index is 13.5. The molecule has 1 atom stereocenters. The zero-order chi connectivity index (χ0) is 23.3. The summed E-state index contributed by atoms with van der Waals surface area (Å²) in [4.78, 5) is 4.92. The highest BCUT2D eigenvalue weighted by atomic mass is 19.4. The van der Waals surface area contributed by atoms with E-state index in [4.69, 9.17) is 4.99 Å². The number of aliphatic imine (C=N–C) groups is 1. The number of amidine groups is 1. The summed E-state index contributed by atoms with van der Waals surface area (Å²) < 4.78 is 42.3. The normalized spacial score (nSPS) is 20.4. The van der Waals surface area contributed by atoms with E-state index in [1.165, 1.54) is 12.2 Å². The van der Waals surface area contributed by atoms with Gasteiger partial charge >= 0.3 is 6.18 Å². The second kappa shape index (κ2) is 10.2. The zero-order valence-electron chi connectivity index (χ0n) is 18.8. The molecule has 0 radical (unpaired) electrons. The average molecular weight is 445 g/mol. The first-order valence-corrected chi connectivity index (χ1v) is 11.1. The van der Waals surface area contributed by atoms with Crippen LogP contribution in [0.15, 0.2) is 65.9 Å². The molecule has 0 saturated heterocycles. The summed E-state index contributed by atoms with van der Waals surface area (Å²) in [5.41, 5.74) is 2.18. The van der Waals surface area contributed by atoms with Crippen molar-refractivity contribution < 1.29 is 13.2 Å². The van der Waals surface area contributed by atoms with Crippen LogP contribution in [-0.2, 0) is 6.54 Å². The predicted octanol–water partition coefficient (Wildman–Crippen LogP) is 6.67. The molecule has 1 saturated carbocycles. The third-order valence-electron chi connectivity index (χ3n) is 5.60. The predicted molar refractivity (Wildman–Crippen MR) is 124 cm³/mol. The SMILES string of the molecule is C=CNC(=NC1CCCn2nc(C(/C=C\C)=C/C(=C/CC)C(F)(F)F)cc21)C(=C)C1CC1. The molecule has 3 rings (SSSR count).